The highest BCUT2D eigenvalue weighted by molar-refractivity contribution is 7.47. The van der Waals surface area contributed by atoms with Crippen LogP contribution in [0.25, 0.3) is 0 Å². The van der Waals surface area contributed by atoms with Crippen molar-refractivity contribution in [1.29, 1.82) is 0 Å². The van der Waals surface area contributed by atoms with Crippen LogP contribution in [0.5, 0.6) is 17.2 Å². The summed E-state index contributed by atoms with van der Waals surface area (Å²) in [7, 11) is 10.7. The minimum atomic E-state index is -0.891. The molecule has 1 unspecified atom stereocenters. The Balaban J connectivity index is 0.00000135. The highest BCUT2D eigenvalue weighted by Crippen LogP contribution is 2.47. The number of benzene rings is 2. The lowest BCUT2D eigenvalue weighted by molar-refractivity contribution is 0.160. The predicted octanol–water partition coefficient (Wildman–Crippen LogP) is 8.97. The number of hydrogen-bond acceptors (Lipinski definition) is 6. The van der Waals surface area contributed by atoms with Crippen molar-refractivity contribution in [3.05, 3.63) is 52.6 Å². The normalized spacial score (nSPS) is 14.9. The van der Waals surface area contributed by atoms with Crippen LogP contribution in [0.4, 0.5) is 0 Å². The van der Waals surface area contributed by atoms with Crippen LogP contribution >= 0.6 is 8.45 Å². The zero-order chi connectivity index (χ0) is 30.8. The van der Waals surface area contributed by atoms with Gasteiger partial charge in [0.25, 0.3) is 0 Å². The Hall–Kier alpha value is -1.85. The summed E-state index contributed by atoms with van der Waals surface area (Å²) in [6, 6.07) is 11.3. The molecule has 2 aliphatic heterocycles. The second-order valence-electron chi connectivity index (χ2n) is 9.32. The van der Waals surface area contributed by atoms with Crippen LogP contribution in [-0.4, -0.2) is 63.2 Å². The number of ether oxygens (including phenoxy) is 2. The highest BCUT2D eigenvalue weighted by Gasteiger charge is 2.33. The van der Waals surface area contributed by atoms with Crippen LogP contribution in [0.3, 0.4) is 0 Å². The van der Waals surface area contributed by atoms with E-state index in [2.05, 4.69) is 58.4 Å². The minimum Gasteiger partial charge on any atom is -0.497 e. The van der Waals surface area contributed by atoms with E-state index in [-0.39, 0.29) is 0 Å². The number of rotatable bonds is 7. The Bertz CT molecular complexity index is 943. The molecule has 6 nitrogen and oxygen atoms in total. The van der Waals surface area contributed by atoms with Gasteiger partial charge in [0.2, 0.25) is 8.45 Å². The van der Waals surface area contributed by atoms with E-state index in [9.17, 15) is 0 Å². The Morgan fingerprint density at radius 3 is 1.85 bits per heavy atom. The van der Waals surface area contributed by atoms with E-state index in [1.807, 2.05) is 69.7 Å². The first-order chi connectivity index (χ1) is 19.3. The van der Waals surface area contributed by atoms with Gasteiger partial charge in [-0.15, -0.1) is 0 Å². The molecule has 0 aliphatic carbocycles. The predicted molar refractivity (Wildman–Crippen MR) is 176 cm³/mol. The molecule has 0 amide bonds. The van der Waals surface area contributed by atoms with Crippen LogP contribution in [0.2, 0.25) is 0 Å². The lowest BCUT2D eigenvalue weighted by Crippen LogP contribution is -2.39. The number of hydrogen-bond donors (Lipinski definition) is 0. The van der Waals surface area contributed by atoms with Crippen LogP contribution in [0.1, 0.15) is 96.5 Å². The summed E-state index contributed by atoms with van der Waals surface area (Å²) >= 11 is 0. The molecule has 2 aromatic rings. The van der Waals surface area contributed by atoms with Crippen molar-refractivity contribution in [2.24, 2.45) is 0 Å². The van der Waals surface area contributed by atoms with Gasteiger partial charge >= 0.3 is 0 Å². The van der Waals surface area contributed by atoms with Gasteiger partial charge in [-0.2, -0.15) is 0 Å². The first-order valence-corrected chi connectivity index (χ1v) is 16.4. The van der Waals surface area contributed by atoms with Gasteiger partial charge in [0, 0.05) is 19.1 Å². The van der Waals surface area contributed by atoms with E-state index < -0.39 is 8.45 Å². The van der Waals surface area contributed by atoms with Crippen LogP contribution in [-0.2, 0) is 19.4 Å². The molecule has 1 atom stereocenters. The summed E-state index contributed by atoms with van der Waals surface area (Å²) in [6.07, 6.45) is 4.68. The minimum absolute atomic E-state index is 0.401. The first-order valence-electron chi connectivity index (χ1n) is 15.3. The topological polar surface area (TPSA) is 37.4 Å². The lowest BCUT2D eigenvalue weighted by atomic mass is 9.84. The number of fused-ring (bicyclic) bond motifs is 4. The Morgan fingerprint density at radius 2 is 1.35 bits per heavy atom. The lowest BCUT2D eigenvalue weighted by Gasteiger charge is -2.41. The SMILES string of the molecule is CC.CC.CC.CCCC.COc1ccc2c(c1)CCN1Cc3cc(OC)c(OP(N(C)C)N(C)C)cc3CC21. The van der Waals surface area contributed by atoms with Crippen molar-refractivity contribution in [2.75, 3.05) is 49.0 Å². The fourth-order valence-electron chi connectivity index (χ4n) is 4.54. The molecule has 0 fully saturated rings. The van der Waals surface area contributed by atoms with Crippen molar-refractivity contribution in [3.8, 4) is 17.2 Å². The quantitative estimate of drug-likeness (QED) is 0.306. The standard InChI is InChI=1S/C23H32N3O3P.C4H10.3C2H6/c1-24(2)30(25(3)4)29-23-13-17-12-21-20-8-7-19(27-5)11-16(20)9-10-26(21)15-18(17)14-22(23)28-6;1-3-4-2;3*1-2/h7-8,11,13-14,21H,9-10,12,15H2,1-6H3;3-4H2,1-2H3;3*1-2H3. The summed E-state index contributed by atoms with van der Waals surface area (Å²) < 4.78 is 21.8. The van der Waals surface area contributed by atoms with Gasteiger partial charge in [0.05, 0.1) is 14.2 Å². The monoisotopic (exact) mass is 577 g/mol. The third kappa shape index (κ3) is 10.5. The molecule has 230 valence electrons. The average Bonchev–Trinajstić information content (AvgIpc) is 3.00. The first kappa shape index (κ1) is 38.1. The summed E-state index contributed by atoms with van der Waals surface area (Å²) in [5.41, 5.74) is 5.53. The Morgan fingerprint density at radius 1 is 0.775 bits per heavy atom. The maximum Gasteiger partial charge on any atom is 0.247 e. The third-order valence-corrected chi connectivity index (χ3v) is 8.18. The number of methoxy groups -OCH3 is 2. The highest BCUT2D eigenvalue weighted by atomic mass is 31.2. The second-order valence-corrected chi connectivity index (χ2v) is 11.6. The zero-order valence-corrected chi connectivity index (χ0v) is 29.1. The Labute approximate surface area is 248 Å². The van der Waals surface area contributed by atoms with E-state index in [0.29, 0.717) is 6.04 Å². The molecule has 2 heterocycles. The van der Waals surface area contributed by atoms with Gasteiger partial charge in [-0.25, -0.2) is 9.34 Å². The molecule has 7 heteroatoms. The number of nitrogens with zero attached hydrogens (tertiary/aromatic N) is 3. The van der Waals surface area contributed by atoms with Crippen molar-refractivity contribution in [3.63, 3.8) is 0 Å². The molecule has 0 N–H and O–H groups in total. The molecular weight excluding hydrogens is 517 g/mol. The van der Waals surface area contributed by atoms with Crippen molar-refractivity contribution >= 4 is 8.45 Å². The summed E-state index contributed by atoms with van der Waals surface area (Å²) in [6.45, 7) is 18.4. The molecule has 40 heavy (non-hydrogen) atoms. The van der Waals surface area contributed by atoms with Gasteiger partial charge in [-0.05, 0) is 87.6 Å². The van der Waals surface area contributed by atoms with Gasteiger partial charge < -0.3 is 14.0 Å². The van der Waals surface area contributed by atoms with Gasteiger partial charge in [-0.3, -0.25) is 4.90 Å². The molecule has 2 aromatic carbocycles. The third-order valence-electron chi connectivity index (χ3n) is 6.46. The summed E-state index contributed by atoms with van der Waals surface area (Å²) in [4.78, 5) is 2.59. The van der Waals surface area contributed by atoms with E-state index in [1.165, 1.54) is 35.1 Å². The maximum absolute atomic E-state index is 6.42. The molecular formula is C33H60N3O3P. The fourth-order valence-corrected chi connectivity index (χ4v) is 5.90. The zero-order valence-electron chi connectivity index (χ0n) is 28.2. The molecule has 0 saturated carbocycles. The number of unbranched alkanes of at least 4 members (excludes halogenated alkanes) is 1. The van der Waals surface area contributed by atoms with Gasteiger partial charge in [0.15, 0.2) is 11.5 Å². The van der Waals surface area contributed by atoms with Crippen LogP contribution in [0, 0.1) is 0 Å². The molecule has 2 aliphatic rings. The van der Waals surface area contributed by atoms with Gasteiger partial charge in [-0.1, -0.05) is 74.3 Å². The van der Waals surface area contributed by atoms with Crippen molar-refractivity contribution < 1.29 is 14.0 Å². The van der Waals surface area contributed by atoms with Crippen LogP contribution in [0.15, 0.2) is 30.3 Å². The maximum atomic E-state index is 6.42. The summed E-state index contributed by atoms with van der Waals surface area (Å²) in [5.74, 6) is 2.58. The van der Waals surface area contributed by atoms with Gasteiger partial charge in [0.1, 0.15) is 5.75 Å². The largest absolute Gasteiger partial charge is 0.497 e. The van der Waals surface area contributed by atoms with Crippen LogP contribution < -0.4 is 14.0 Å². The van der Waals surface area contributed by atoms with E-state index in [1.54, 1.807) is 14.2 Å². The molecule has 0 radical (unpaired) electrons. The van der Waals surface area contributed by atoms with Crippen molar-refractivity contribution in [2.45, 2.75) is 93.7 Å². The molecule has 0 saturated heterocycles. The molecule has 4 rings (SSSR count). The molecule has 0 spiro atoms. The molecule has 0 bridgehead atoms. The molecule has 0 aromatic heterocycles. The van der Waals surface area contributed by atoms with E-state index in [0.717, 1.165) is 43.2 Å². The second kappa shape index (κ2) is 20.9. The smallest absolute Gasteiger partial charge is 0.247 e. The van der Waals surface area contributed by atoms with Crippen molar-refractivity contribution in [1.82, 2.24) is 14.2 Å². The van der Waals surface area contributed by atoms with E-state index >= 15 is 0 Å². The summed E-state index contributed by atoms with van der Waals surface area (Å²) in [5, 5.41) is 0. The fraction of sp³-hybridized carbons (Fsp3) is 0.636. The van der Waals surface area contributed by atoms with E-state index in [4.69, 9.17) is 14.0 Å². The average molecular weight is 578 g/mol. The Kier molecular flexibility index (Phi) is 20.0.